The van der Waals surface area contributed by atoms with Crippen molar-refractivity contribution in [2.24, 2.45) is 52.3 Å². The Hall–Kier alpha value is -1.28. The molecule has 41 atom stereocenters. The zero-order valence-electron chi connectivity index (χ0n) is 53.6. The van der Waals surface area contributed by atoms with Crippen LogP contribution < -0.4 is 0 Å². The molecule has 0 unspecified atom stereocenters. The fraction of sp³-hybridized carbons (Fsp3) is 1.00. The van der Waals surface area contributed by atoms with Crippen LogP contribution in [0.5, 0.6) is 0 Å². The first-order chi connectivity index (χ1) is 44.5. The van der Waals surface area contributed by atoms with Crippen molar-refractivity contribution in [1.29, 1.82) is 0 Å². The monoisotopic (exact) mass is 1360 g/mol. The Morgan fingerprint density at radius 2 is 1.02 bits per heavy atom. The van der Waals surface area contributed by atoms with E-state index in [9.17, 15) is 97.0 Å². The molecule has 11 aliphatic rings. The minimum Gasteiger partial charge on any atom is -0.394 e. The first kappa shape index (κ1) is 73.9. The topological polar surface area (TPSA) is 504 Å². The standard InChI is InChI=1S/C62H104O32/c1-22(19-82-54-46(76)42(72)39(69)32(16-63)87-54)8-13-62(81)23(2)36-31(94-62)15-29-27-7-6-25-14-26(9-11-60(25,4)28(27)10-12-61(29,36)5)86-59-53(93-57-48(78)41(71)37(67)24(3)85-57)50(80)51(34(18-65)89-59)92-58-49(79)44(74)52(91-56-45(75)38(68)30(66)20-83-56)35(90-58)21-84-55-47(77)43(73)40(70)33(17-64)88-55/h22-59,63-81H,6-21H2,1-5H3/t22-,23-,24-,25-,26-,27+,28-,29-,30+,31-,32+,33+,34+,35+,36-,37-,38-,39+,40+,41+,42-,43-,44+,45+,46+,47+,48+,49+,50-,51+,52+,53+,54+,55+,56-,57-,58-,59+,60-,61-,62-/m0/s1. The molecule has 0 radical (unpaired) electrons. The lowest BCUT2D eigenvalue weighted by molar-refractivity contribution is -0.397. The summed E-state index contributed by atoms with van der Waals surface area (Å²) in [5.41, 5.74) is -0.208. The molecular weight excluding hydrogens is 1260 g/mol. The predicted octanol–water partition coefficient (Wildman–Crippen LogP) is -6.64. The van der Waals surface area contributed by atoms with Crippen molar-refractivity contribution in [1.82, 2.24) is 0 Å². The largest absolute Gasteiger partial charge is 0.394 e. The Kier molecular flexibility index (Phi) is 23.3. The predicted molar refractivity (Wildman–Crippen MR) is 309 cm³/mol. The van der Waals surface area contributed by atoms with Crippen LogP contribution in [0.1, 0.15) is 98.8 Å². The van der Waals surface area contributed by atoms with Gasteiger partial charge in [0.15, 0.2) is 43.5 Å². The molecule has 4 saturated carbocycles. The molecule has 19 N–H and O–H groups in total. The molecule has 0 spiro atoms. The second kappa shape index (κ2) is 29.6. The normalized spacial score (nSPS) is 55.7. The van der Waals surface area contributed by atoms with Gasteiger partial charge in [0, 0.05) is 12.3 Å². The molecule has 0 aromatic carbocycles. The first-order valence-electron chi connectivity index (χ1n) is 33.7. The lowest BCUT2D eigenvalue weighted by atomic mass is 9.44. The Morgan fingerprint density at radius 3 is 1.68 bits per heavy atom. The van der Waals surface area contributed by atoms with Crippen LogP contribution in [0.25, 0.3) is 0 Å². The molecule has 94 heavy (non-hydrogen) atoms. The maximum Gasteiger partial charge on any atom is 0.187 e. The summed E-state index contributed by atoms with van der Waals surface area (Å²) >= 11 is 0. The maximum absolute atomic E-state index is 12.5. The van der Waals surface area contributed by atoms with Gasteiger partial charge >= 0.3 is 0 Å². The summed E-state index contributed by atoms with van der Waals surface area (Å²) in [4.78, 5) is 0. The Balaban J connectivity index is 0.753. The number of aliphatic hydroxyl groups is 19. The van der Waals surface area contributed by atoms with E-state index in [-0.39, 0.29) is 47.2 Å². The van der Waals surface area contributed by atoms with E-state index in [2.05, 4.69) is 20.8 Å². The highest BCUT2D eigenvalue weighted by molar-refractivity contribution is 5.15. The summed E-state index contributed by atoms with van der Waals surface area (Å²) in [5, 5.41) is 205. The molecule has 4 aliphatic carbocycles. The fourth-order valence-electron chi connectivity index (χ4n) is 18.2. The van der Waals surface area contributed by atoms with Crippen LogP contribution >= 0.6 is 0 Å². The van der Waals surface area contributed by atoms with Gasteiger partial charge in [0.25, 0.3) is 0 Å². The number of rotatable bonds is 20. The summed E-state index contributed by atoms with van der Waals surface area (Å²) < 4.78 is 78.4. The van der Waals surface area contributed by atoms with E-state index in [4.69, 9.17) is 61.6 Å². The van der Waals surface area contributed by atoms with Crippen LogP contribution in [0.4, 0.5) is 0 Å². The SMILES string of the molecule is C[C@@H](CC[C@]1(O)O[C@H]2C[C@H]3[C@@H]4CC[C@H]5C[C@@H](O[C@@H]6O[C@H](CO)[C@@H](O[C@@H]7O[C@H](CO[C@@H]8O[C@H](CO)[C@@H](O)[C@H](O)[C@H]8O)[C@@H](O[C@@H]8OC[C@@H](O)[C@H](O)[C@H]8O)[C@H](O)[C@H]7O)[C@H](O)[C@H]6O[C@@H]6O[C@@H](C)[C@H](O)[C@@H](O)[C@H]6O)CC[C@]5(C)[C@H]4CC[C@]3(C)[C@H]2[C@@H]1C)CO[C@@H]1O[C@H](CO)[C@@H](O)[C@H](O)[C@H]1O. The minimum atomic E-state index is -2.13. The zero-order valence-corrected chi connectivity index (χ0v) is 53.6. The van der Waals surface area contributed by atoms with Crippen molar-refractivity contribution in [2.45, 2.75) is 295 Å². The van der Waals surface area contributed by atoms with Crippen molar-refractivity contribution < 1.29 is 159 Å². The van der Waals surface area contributed by atoms with Crippen LogP contribution in [-0.2, 0) is 61.6 Å². The Bertz CT molecular complexity index is 2440. The van der Waals surface area contributed by atoms with Gasteiger partial charge in [-0.1, -0.05) is 27.7 Å². The van der Waals surface area contributed by atoms with E-state index in [1.54, 1.807) is 0 Å². The van der Waals surface area contributed by atoms with Crippen LogP contribution in [0.3, 0.4) is 0 Å². The van der Waals surface area contributed by atoms with Crippen LogP contribution in [0.15, 0.2) is 0 Å². The average Bonchev–Trinajstić information content (AvgIpc) is 1.50. The Morgan fingerprint density at radius 1 is 0.479 bits per heavy atom. The third-order valence-electron chi connectivity index (χ3n) is 23.9. The lowest BCUT2D eigenvalue weighted by Crippen LogP contribution is -2.67. The van der Waals surface area contributed by atoms with Gasteiger partial charge in [0.1, 0.15) is 134 Å². The van der Waals surface area contributed by atoms with Gasteiger partial charge < -0.3 is 159 Å². The smallest absolute Gasteiger partial charge is 0.187 e. The second-order valence-electron chi connectivity index (χ2n) is 29.5. The van der Waals surface area contributed by atoms with Crippen molar-refractivity contribution in [3.63, 3.8) is 0 Å². The molecule has 0 amide bonds. The van der Waals surface area contributed by atoms with E-state index in [1.165, 1.54) is 6.92 Å². The molecular formula is C62H104O32. The fourth-order valence-corrected chi connectivity index (χ4v) is 18.2. The van der Waals surface area contributed by atoms with Crippen molar-refractivity contribution in [3.05, 3.63) is 0 Å². The summed E-state index contributed by atoms with van der Waals surface area (Å²) in [6.07, 6.45) is -42.2. The molecule has 7 saturated heterocycles. The van der Waals surface area contributed by atoms with Crippen molar-refractivity contribution >= 4 is 0 Å². The number of ether oxygens (including phenoxy) is 13. The highest BCUT2D eigenvalue weighted by Gasteiger charge is 2.69. The quantitative estimate of drug-likeness (QED) is 0.0504. The van der Waals surface area contributed by atoms with Gasteiger partial charge in [-0.3, -0.25) is 0 Å². The van der Waals surface area contributed by atoms with Crippen LogP contribution in [-0.4, -0.2) is 333 Å². The maximum atomic E-state index is 12.5. The molecule has 11 fully saturated rings. The summed E-state index contributed by atoms with van der Waals surface area (Å²) in [5.74, 6) is -0.286. The van der Waals surface area contributed by atoms with Crippen LogP contribution in [0, 0.1) is 52.3 Å². The minimum absolute atomic E-state index is 0.103. The number of fused-ring (bicyclic) bond motifs is 7. The molecule has 7 heterocycles. The van der Waals surface area contributed by atoms with Gasteiger partial charge in [-0.05, 0) is 111 Å². The van der Waals surface area contributed by atoms with E-state index in [0.717, 1.165) is 38.5 Å². The number of hydrogen-bond acceptors (Lipinski definition) is 32. The van der Waals surface area contributed by atoms with Crippen molar-refractivity contribution in [2.75, 3.05) is 39.6 Å². The van der Waals surface area contributed by atoms with Crippen molar-refractivity contribution in [3.8, 4) is 0 Å². The van der Waals surface area contributed by atoms with Gasteiger partial charge in [-0.2, -0.15) is 0 Å². The van der Waals surface area contributed by atoms with E-state index >= 15 is 0 Å². The molecule has 0 bridgehead atoms. The first-order valence-corrected chi connectivity index (χ1v) is 33.7. The molecule has 0 aromatic rings. The second-order valence-corrected chi connectivity index (χ2v) is 29.5. The number of aliphatic hydroxyl groups excluding tert-OH is 18. The zero-order chi connectivity index (χ0) is 67.9. The van der Waals surface area contributed by atoms with Gasteiger partial charge in [-0.25, -0.2) is 0 Å². The summed E-state index contributed by atoms with van der Waals surface area (Å²) in [7, 11) is 0. The third kappa shape index (κ3) is 13.8. The molecule has 32 nitrogen and oxygen atoms in total. The highest BCUT2D eigenvalue weighted by Crippen LogP contribution is 2.71. The van der Waals surface area contributed by atoms with E-state index in [1.807, 2.05) is 6.92 Å². The van der Waals surface area contributed by atoms with Gasteiger partial charge in [0.2, 0.25) is 0 Å². The molecule has 7 aliphatic heterocycles. The molecule has 32 heteroatoms. The average molecular weight is 1360 g/mol. The van der Waals surface area contributed by atoms with Gasteiger partial charge in [0.05, 0.1) is 58.0 Å². The van der Waals surface area contributed by atoms with E-state index in [0.29, 0.717) is 43.4 Å². The molecule has 11 rings (SSSR count). The number of hydrogen-bond donors (Lipinski definition) is 19. The lowest BCUT2D eigenvalue weighted by Gasteiger charge is -2.61. The third-order valence-corrected chi connectivity index (χ3v) is 23.9. The summed E-state index contributed by atoms with van der Waals surface area (Å²) in [6.45, 7) is 6.74. The van der Waals surface area contributed by atoms with E-state index < -0.39 is 223 Å². The van der Waals surface area contributed by atoms with Crippen LogP contribution in [0.2, 0.25) is 0 Å². The molecule has 544 valence electrons. The highest BCUT2D eigenvalue weighted by atomic mass is 16.8. The summed E-state index contributed by atoms with van der Waals surface area (Å²) in [6, 6.07) is 0. The van der Waals surface area contributed by atoms with Gasteiger partial charge in [-0.15, -0.1) is 0 Å². The molecule has 0 aromatic heterocycles. The Labute approximate surface area is 544 Å².